The van der Waals surface area contributed by atoms with Gasteiger partial charge in [-0.2, -0.15) is 0 Å². The first kappa shape index (κ1) is 13.1. The molecule has 1 aromatic carbocycles. The van der Waals surface area contributed by atoms with E-state index in [4.69, 9.17) is 0 Å². The molecule has 3 rings (SSSR count). The van der Waals surface area contributed by atoms with Crippen molar-refractivity contribution in [2.75, 3.05) is 6.54 Å². The number of rotatable bonds is 6. The van der Waals surface area contributed by atoms with Gasteiger partial charge in [-0.25, -0.2) is 4.98 Å². The number of nitrogens with one attached hydrogen (secondary N) is 2. The van der Waals surface area contributed by atoms with Gasteiger partial charge in [-0.1, -0.05) is 30.3 Å². The Hall–Kier alpha value is -1.91. The lowest BCUT2D eigenvalue weighted by Crippen LogP contribution is -2.16. The van der Waals surface area contributed by atoms with Crippen molar-refractivity contribution < 1.29 is 0 Å². The van der Waals surface area contributed by atoms with E-state index in [0.717, 1.165) is 25.3 Å². The van der Waals surface area contributed by atoms with E-state index in [1.807, 2.05) is 23.6 Å². The smallest absolute Gasteiger partial charge is 0.107 e. The summed E-state index contributed by atoms with van der Waals surface area (Å²) < 4.78 is 0. The van der Waals surface area contributed by atoms with Crippen molar-refractivity contribution in [1.82, 2.24) is 15.3 Å². The Kier molecular flexibility index (Phi) is 4.25. The summed E-state index contributed by atoms with van der Waals surface area (Å²) in [7, 11) is 0. The third-order valence-corrected chi connectivity index (χ3v) is 4.25. The van der Waals surface area contributed by atoms with Crippen LogP contribution in [0, 0.1) is 0 Å². The van der Waals surface area contributed by atoms with Crippen LogP contribution in [0.2, 0.25) is 0 Å². The molecule has 0 saturated heterocycles. The normalized spacial score (nSPS) is 10.8. The third kappa shape index (κ3) is 3.35. The molecule has 2 N–H and O–H groups in total. The lowest BCUT2D eigenvalue weighted by atomic mass is 10.2. The second kappa shape index (κ2) is 6.50. The van der Waals surface area contributed by atoms with Crippen LogP contribution in [0.4, 0.5) is 0 Å². The molecule has 0 fully saturated rings. The number of imidazole rings is 1. The number of thiophene rings is 1. The Morgan fingerprint density at radius 3 is 2.80 bits per heavy atom. The Labute approximate surface area is 122 Å². The van der Waals surface area contributed by atoms with E-state index < -0.39 is 0 Å². The second-order valence-corrected chi connectivity index (χ2v) is 5.76. The van der Waals surface area contributed by atoms with Gasteiger partial charge >= 0.3 is 0 Å². The van der Waals surface area contributed by atoms with Crippen LogP contribution in [0.1, 0.15) is 10.7 Å². The van der Waals surface area contributed by atoms with Gasteiger partial charge in [0.05, 0.1) is 0 Å². The highest BCUT2D eigenvalue weighted by Crippen LogP contribution is 2.27. The van der Waals surface area contributed by atoms with Gasteiger partial charge in [0.15, 0.2) is 0 Å². The van der Waals surface area contributed by atoms with Crippen LogP contribution in [0.3, 0.4) is 0 Å². The van der Waals surface area contributed by atoms with Gasteiger partial charge in [0.25, 0.3) is 0 Å². The van der Waals surface area contributed by atoms with Crippen LogP contribution in [-0.2, 0) is 13.0 Å². The van der Waals surface area contributed by atoms with Crippen molar-refractivity contribution in [3.8, 4) is 10.4 Å². The van der Waals surface area contributed by atoms with Crippen LogP contribution in [0.5, 0.6) is 0 Å². The van der Waals surface area contributed by atoms with Crippen LogP contribution in [-0.4, -0.2) is 16.5 Å². The van der Waals surface area contributed by atoms with Gasteiger partial charge in [0.1, 0.15) is 5.82 Å². The van der Waals surface area contributed by atoms with Crippen molar-refractivity contribution in [3.05, 3.63) is 65.6 Å². The maximum atomic E-state index is 4.21. The lowest BCUT2D eigenvalue weighted by Gasteiger charge is -2.01. The molecule has 20 heavy (non-hydrogen) atoms. The van der Waals surface area contributed by atoms with Gasteiger partial charge in [-0.3, -0.25) is 0 Å². The quantitative estimate of drug-likeness (QED) is 0.680. The minimum absolute atomic E-state index is 0.915. The molecule has 2 aromatic heterocycles. The fourth-order valence-electron chi connectivity index (χ4n) is 2.08. The zero-order valence-electron chi connectivity index (χ0n) is 11.2. The number of H-pyrrole nitrogens is 1. The van der Waals surface area contributed by atoms with Crippen molar-refractivity contribution in [1.29, 1.82) is 0 Å². The van der Waals surface area contributed by atoms with Crippen LogP contribution in [0.25, 0.3) is 10.4 Å². The standard InChI is InChI=1S/C16H17N3S/c1-2-4-13(5-3-1)15-7-6-14(20-15)12-17-9-8-16-18-10-11-19-16/h1-7,10-11,17H,8-9,12H2,(H,18,19). The molecule has 0 saturated carbocycles. The molecule has 0 bridgehead atoms. The first-order valence-electron chi connectivity index (χ1n) is 6.75. The molecule has 4 heteroatoms. The molecular formula is C16H17N3S. The van der Waals surface area contributed by atoms with Crippen molar-refractivity contribution in [2.24, 2.45) is 0 Å². The van der Waals surface area contributed by atoms with Crippen LogP contribution >= 0.6 is 11.3 Å². The number of hydrogen-bond donors (Lipinski definition) is 2. The minimum Gasteiger partial charge on any atom is -0.349 e. The summed E-state index contributed by atoms with van der Waals surface area (Å²) in [6, 6.07) is 14.9. The van der Waals surface area contributed by atoms with E-state index in [1.54, 1.807) is 6.20 Å². The molecule has 3 aromatic rings. The lowest BCUT2D eigenvalue weighted by molar-refractivity contribution is 0.680. The first-order chi connectivity index (χ1) is 9.92. The Morgan fingerprint density at radius 2 is 2.00 bits per heavy atom. The topological polar surface area (TPSA) is 40.7 Å². The van der Waals surface area contributed by atoms with E-state index in [9.17, 15) is 0 Å². The Morgan fingerprint density at radius 1 is 1.10 bits per heavy atom. The highest BCUT2D eigenvalue weighted by atomic mass is 32.1. The fourth-order valence-corrected chi connectivity index (χ4v) is 3.07. The van der Waals surface area contributed by atoms with E-state index >= 15 is 0 Å². The molecule has 0 aliphatic rings. The molecular weight excluding hydrogens is 266 g/mol. The van der Waals surface area contributed by atoms with Gasteiger partial charge in [-0.15, -0.1) is 11.3 Å². The minimum atomic E-state index is 0.915. The molecule has 3 nitrogen and oxygen atoms in total. The van der Waals surface area contributed by atoms with Crippen molar-refractivity contribution >= 4 is 11.3 Å². The van der Waals surface area contributed by atoms with Crippen LogP contribution < -0.4 is 5.32 Å². The summed E-state index contributed by atoms with van der Waals surface area (Å²) in [6.45, 7) is 1.85. The predicted octanol–water partition coefficient (Wildman–Crippen LogP) is 3.47. The van der Waals surface area contributed by atoms with Gasteiger partial charge < -0.3 is 10.3 Å². The molecule has 2 heterocycles. The van der Waals surface area contributed by atoms with E-state index in [2.05, 4.69) is 51.7 Å². The zero-order chi connectivity index (χ0) is 13.6. The van der Waals surface area contributed by atoms with E-state index in [1.165, 1.54) is 15.3 Å². The average molecular weight is 283 g/mol. The number of aromatic amines is 1. The third-order valence-electron chi connectivity index (χ3n) is 3.11. The molecule has 0 aliphatic heterocycles. The van der Waals surface area contributed by atoms with Gasteiger partial charge in [0.2, 0.25) is 0 Å². The Bertz CT molecular complexity index is 629. The van der Waals surface area contributed by atoms with Gasteiger partial charge in [0, 0.05) is 41.7 Å². The van der Waals surface area contributed by atoms with Crippen LogP contribution in [0.15, 0.2) is 54.9 Å². The average Bonchev–Trinajstić information content (AvgIpc) is 3.16. The second-order valence-electron chi connectivity index (χ2n) is 4.59. The first-order valence-corrected chi connectivity index (χ1v) is 7.56. The zero-order valence-corrected chi connectivity index (χ0v) is 12.0. The van der Waals surface area contributed by atoms with E-state index in [0.29, 0.717) is 0 Å². The number of hydrogen-bond acceptors (Lipinski definition) is 3. The Balaban J connectivity index is 1.50. The summed E-state index contributed by atoms with van der Waals surface area (Å²) in [5, 5.41) is 3.46. The fraction of sp³-hybridized carbons (Fsp3) is 0.188. The maximum absolute atomic E-state index is 4.21. The molecule has 0 amide bonds. The van der Waals surface area contributed by atoms with E-state index in [-0.39, 0.29) is 0 Å². The molecule has 102 valence electrons. The summed E-state index contributed by atoms with van der Waals surface area (Å²) in [5.41, 5.74) is 1.29. The monoisotopic (exact) mass is 283 g/mol. The highest BCUT2D eigenvalue weighted by Gasteiger charge is 2.02. The molecule has 0 spiro atoms. The SMILES string of the molecule is c1ccc(-c2ccc(CNCCc3ncc[nH]3)s2)cc1. The predicted molar refractivity (Wildman–Crippen MR) is 83.8 cm³/mol. The molecule has 0 aliphatic carbocycles. The number of nitrogens with zero attached hydrogens (tertiary/aromatic N) is 1. The maximum Gasteiger partial charge on any atom is 0.107 e. The number of benzene rings is 1. The van der Waals surface area contributed by atoms with Crippen molar-refractivity contribution in [3.63, 3.8) is 0 Å². The largest absolute Gasteiger partial charge is 0.349 e. The summed E-state index contributed by atoms with van der Waals surface area (Å²) in [6.07, 6.45) is 4.59. The molecule has 0 radical (unpaired) electrons. The summed E-state index contributed by atoms with van der Waals surface area (Å²) in [4.78, 5) is 10.0. The number of aromatic nitrogens is 2. The molecule has 0 unspecified atom stereocenters. The highest BCUT2D eigenvalue weighted by molar-refractivity contribution is 7.15. The van der Waals surface area contributed by atoms with Crippen molar-refractivity contribution in [2.45, 2.75) is 13.0 Å². The summed E-state index contributed by atoms with van der Waals surface area (Å²) in [5.74, 6) is 1.04. The summed E-state index contributed by atoms with van der Waals surface area (Å²) >= 11 is 1.85. The molecule has 0 atom stereocenters. The van der Waals surface area contributed by atoms with Gasteiger partial charge in [-0.05, 0) is 17.7 Å².